The third-order valence-corrected chi connectivity index (χ3v) is 4.61. The Hall–Kier alpha value is -2.34. The number of carbonyl (C=O) groups is 1. The Labute approximate surface area is 149 Å². The van der Waals surface area contributed by atoms with Gasteiger partial charge in [-0.05, 0) is 55.2 Å². The Morgan fingerprint density at radius 2 is 1.76 bits per heavy atom. The second-order valence-electron chi connectivity index (χ2n) is 6.19. The van der Waals surface area contributed by atoms with Crippen molar-refractivity contribution in [3.8, 4) is 0 Å². The minimum absolute atomic E-state index is 0.118. The molecule has 0 aliphatic rings. The van der Waals surface area contributed by atoms with E-state index in [-0.39, 0.29) is 11.9 Å². The molecule has 0 fully saturated rings. The first-order valence-electron chi connectivity index (χ1n) is 8.17. The number of rotatable bonds is 6. The molecular formula is C19H24N2O3S. The first-order valence-corrected chi connectivity index (χ1v) is 10.1. The summed E-state index contributed by atoms with van der Waals surface area (Å²) < 4.78 is 25.1. The Morgan fingerprint density at radius 3 is 2.28 bits per heavy atom. The lowest BCUT2D eigenvalue weighted by Gasteiger charge is -2.16. The van der Waals surface area contributed by atoms with Crippen molar-refractivity contribution in [2.75, 3.05) is 11.0 Å². The van der Waals surface area contributed by atoms with E-state index in [1.54, 1.807) is 25.1 Å². The third kappa shape index (κ3) is 5.32. The van der Waals surface area contributed by atoms with Crippen molar-refractivity contribution in [2.45, 2.75) is 33.2 Å². The van der Waals surface area contributed by atoms with Gasteiger partial charge < -0.3 is 5.32 Å². The van der Waals surface area contributed by atoms with Crippen LogP contribution in [-0.4, -0.2) is 20.6 Å². The zero-order valence-electron chi connectivity index (χ0n) is 15.0. The summed E-state index contributed by atoms with van der Waals surface area (Å²) in [5.41, 5.74) is 3.96. The van der Waals surface area contributed by atoms with Crippen LogP contribution in [0.5, 0.6) is 0 Å². The first-order chi connectivity index (χ1) is 11.7. The molecule has 1 atom stereocenters. The molecule has 1 amide bonds. The maximum Gasteiger partial charge on any atom is 0.251 e. The Morgan fingerprint density at radius 1 is 1.12 bits per heavy atom. The van der Waals surface area contributed by atoms with Gasteiger partial charge in [-0.15, -0.1) is 0 Å². The smallest absolute Gasteiger partial charge is 0.251 e. The van der Waals surface area contributed by atoms with Gasteiger partial charge in [0, 0.05) is 5.56 Å². The summed E-state index contributed by atoms with van der Waals surface area (Å²) in [7, 11) is -3.34. The van der Waals surface area contributed by atoms with Crippen molar-refractivity contribution < 1.29 is 13.2 Å². The van der Waals surface area contributed by atoms with Crippen LogP contribution in [-0.2, 0) is 16.4 Å². The maximum atomic E-state index is 12.5. The fourth-order valence-corrected chi connectivity index (χ4v) is 3.15. The van der Waals surface area contributed by atoms with Gasteiger partial charge in [-0.25, -0.2) is 8.42 Å². The van der Waals surface area contributed by atoms with Crippen LogP contribution in [0.4, 0.5) is 5.69 Å². The zero-order valence-corrected chi connectivity index (χ0v) is 15.8. The molecule has 0 spiro atoms. The summed E-state index contributed by atoms with van der Waals surface area (Å²) >= 11 is 0. The van der Waals surface area contributed by atoms with Crippen molar-refractivity contribution in [1.29, 1.82) is 0 Å². The number of carbonyl (C=O) groups excluding carboxylic acids is 1. The van der Waals surface area contributed by atoms with Crippen molar-refractivity contribution in [3.63, 3.8) is 0 Å². The molecule has 0 saturated heterocycles. The monoisotopic (exact) mass is 360 g/mol. The molecule has 25 heavy (non-hydrogen) atoms. The van der Waals surface area contributed by atoms with Gasteiger partial charge in [-0.1, -0.05) is 31.2 Å². The predicted molar refractivity (Wildman–Crippen MR) is 101 cm³/mol. The zero-order chi connectivity index (χ0) is 18.6. The average molecular weight is 360 g/mol. The molecule has 5 nitrogen and oxygen atoms in total. The van der Waals surface area contributed by atoms with E-state index in [4.69, 9.17) is 0 Å². The molecule has 0 unspecified atom stereocenters. The lowest BCUT2D eigenvalue weighted by atomic mass is 10.0. The lowest BCUT2D eigenvalue weighted by molar-refractivity contribution is 0.0940. The van der Waals surface area contributed by atoms with Gasteiger partial charge in [0.15, 0.2) is 0 Å². The summed E-state index contributed by atoms with van der Waals surface area (Å²) in [4.78, 5) is 12.5. The van der Waals surface area contributed by atoms with Crippen LogP contribution in [0.2, 0.25) is 0 Å². The van der Waals surface area contributed by atoms with Gasteiger partial charge in [0.05, 0.1) is 18.0 Å². The average Bonchev–Trinajstić information content (AvgIpc) is 2.55. The molecule has 0 saturated carbocycles. The van der Waals surface area contributed by atoms with Gasteiger partial charge in [0.2, 0.25) is 10.0 Å². The van der Waals surface area contributed by atoms with Gasteiger partial charge >= 0.3 is 0 Å². The number of hydrogen-bond acceptors (Lipinski definition) is 3. The number of hydrogen-bond donors (Lipinski definition) is 2. The lowest BCUT2D eigenvalue weighted by Crippen LogP contribution is -2.26. The van der Waals surface area contributed by atoms with Crippen LogP contribution in [0.25, 0.3) is 0 Å². The molecule has 6 heteroatoms. The fourth-order valence-electron chi connectivity index (χ4n) is 2.52. The molecule has 0 radical (unpaired) electrons. The molecule has 2 N–H and O–H groups in total. The molecule has 134 valence electrons. The van der Waals surface area contributed by atoms with E-state index < -0.39 is 10.0 Å². The topological polar surface area (TPSA) is 75.3 Å². The van der Waals surface area contributed by atoms with Gasteiger partial charge in [0.1, 0.15) is 0 Å². The minimum Gasteiger partial charge on any atom is -0.346 e. The summed E-state index contributed by atoms with van der Waals surface area (Å²) in [6.07, 6.45) is 2.08. The quantitative estimate of drug-likeness (QED) is 0.829. The van der Waals surface area contributed by atoms with Crippen LogP contribution in [0.3, 0.4) is 0 Å². The predicted octanol–water partition coefficient (Wildman–Crippen LogP) is 3.42. The molecule has 0 aliphatic heterocycles. The van der Waals surface area contributed by atoms with E-state index in [2.05, 4.69) is 29.1 Å². The normalized spacial score (nSPS) is 12.5. The minimum atomic E-state index is -3.34. The highest BCUT2D eigenvalue weighted by Crippen LogP contribution is 2.19. The Kier molecular flexibility index (Phi) is 5.85. The SMILES string of the molecule is CCc1ccc([C@@H](C)NC(=O)c2ccc(NS(C)(=O)=O)c(C)c2)cc1. The fraction of sp³-hybridized carbons (Fsp3) is 0.316. The molecule has 0 aliphatic carbocycles. The number of amides is 1. The number of nitrogens with one attached hydrogen (secondary N) is 2. The number of aryl methyl sites for hydroxylation is 2. The largest absolute Gasteiger partial charge is 0.346 e. The molecule has 2 aromatic carbocycles. The van der Waals surface area contributed by atoms with Gasteiger partial charge in [-0.3, -0.25) is 9.52 Å². The summed E-state index contributed by atoms with van der Waals surface area (Å²) in [5, 5.41) is 2.97. The van der Waals surface area contributed by atoms with Crippen LogP contribution >= 0.6 is 0 Å². The van der Waals surface area contributed by atoms with E-state index in [9.17, 15) is 13.2 Å². The molecule has 0 aromatic heterocycles. The van der Waals surface area contributed by atoms with E-state index >= 15 is 0 Å². The second-order valence-corrected chi connectivity index (χ2v) is 7.94. The van der Waals surface area contributed by atoms with E-state index in [1.165, 1.54) is 5.56 Å². The second kappa shape index (κ2) is 7.70. The van der Waals surface area contributed by atoms with Crippen LogP contribution in [0.1, 0.15) is 46.9 Å². The molecule has 2 rings (SSSR count). The highest BCUT2D eigenvalue weighted by atomic mass is 32.2. The summed E-state index contributed by atoms with van der Waals surface area (Å²) in [6, 6.07) is 12.9. The molecule has 0 bridgehead atoms. The highest BCUT2D eigenvalue weighted by molar-refractivity contribution is 7.92. The Bertz CT molecular complexity index is 859. The van der Waals surface area contributed by atoms with Crippen molar-refractivity contribution >= 4 is 21.6 Å². The maximum absolute atomic E-state index is 12.5. The molecule has 0 heterocycles. The van der Waals surface area contributed by atoms with Crippen molar-refractivity contribution in [3.05, 3.63) is 64.7 Å². The van der Waals surface area contributed by atoms with E-state index in [0.29, 0.717) is 16.8 Å². The highest BCUT2D eigenvalue weighted by Gasteiger charge is 2.13. The van der Waals surface area contributed by atoms with Crippen LogP contribution in [0.15, 0.2) is 42.5 Å². The van der Waals surface area contributed by atoms with Crippen molar-refractivity contribution in [2.24, 2.45) is 0 Å². The Balaban J connectivity index is 2.10. The third-order valence-electron chi connectivity index (χ3n) is 4.02. The number of anilines is 1. The van der Waals surface area contributed by atoms with Crippen LogP contribution < -0.4 is 10.0 Å². The number of sulfonamides is 1. The van der Waals surface area contributed by atoms with Crippen molar-refractivity contribution in [1.82, 2.24) is 5.32 Å². The standard InChI is InChI=1S/C19H24N2O3S/c1-5-15-6-8-16(9-7-15)14(3)20-19(22)17-10-11-18(13(2)12-17)21-25(4,23)24/h6-12,14,21H,5H2,1-4H3,(H,20,22)/t14-/m1/s1. The van der Waals surface area contributed by atoms with Crippen LogP contribution in [0, 0.1) is 6.92 Å². The summed E-state index contributed by atoms with van der Waals surface area (Å²) in [6.45, 7) is 5.80. The first kappa shape index (κ1) is 19.0. The molecular weight excluding hydrogens is 336 g/mol. The van der Waals surface area contributed by atoms with E-state index in [1.807, 2.05) is 19.1 Å². The molecule has 2 aromatic rings. The van der Waals surface area contributed by atoms with E-state index in [0.717, 1.165) is 18.2 Å². The van der Waals surface area contributed by atoms with Gasteiger partial charge in [0.25, 0.3) is 5.91 Å². The number of benzene rings is 2. The summed E-state index contributed by atoms with van der Waals surface area (Å²) in [5.74, 6) is -0.193. The van der Waals surface area contributed by atoms with Gasteiger partial charge in [-0.2, -0.15) is 0 Å².